The summed E-state index contributed by atoms with van der Waals surface area (Å²) in [5.41, 5.74) is 0. The van der Waals surface area contributed by atoms with Gasteiger partial charge in [0.2, 0.25) is 11.8 Å². The second-order valence-electron chi connectivity index (χ2n) is 13.1. The van der Waals surface area contributed by atoms with Gasteiger partial charge in [-0.25, -0.2) is 0 Å². The van der Waals surface area contributed by atoms with E-state index in [-0.39, 0.29) is 6.67 Å². The van der Waals surface area contributed by atoms with Crippen LogP contribution >= 0.6 is 0 Å². The highest BCUT2D eigenvalue weighted by Crippen LogP contribution is 2.15. The molecule has 256 valence electrons. The van der Waals surface area contributed by atoms with Crippen molar-refractivity contribution in [1.82, 2.24) is 10.6 Å². The lowest BCUT2D eigenvalue weighted by Gasteiger charge is -2.14. The Bertz CT molecular complexity index is 551. The molecule has 0 fully saturated rings. The van der Waals surface area contributed by atoms with Crippen LogP contribution in [0.2, 0.25) is 0 Å². The van der Waals surface area contributed by atoms with E-state index in [2.05, 4.69) is 24.5 Å². The van der Waals surface area contributed by atoms with Crippen LogP contribution < -0.4 is 10.6 Å². The Morgan fingerprint density at radius 3 is 0.837 bits per heavy atom. The van der Waals surface area contributed by atoms with Gasteiger partial charge in [0.1, 0.15) is 12.2 Å². The minimum absolute atomic E-state index is 0.0662. The number of hydrogen-bond acceptors (Lipinski definition) is 4. The minimum atomic E-state index is -1.05. The molecule has 0 aliphatic rings. The van der Waals surface area contributed by atoms with Crippen molar-refractivity contribution in [3.63, 3.8) is 0 Å². The summed E-state index contributed by atoms with van der Waals surface area (Å²) >= 11 is 0. The summed E-state index contributed by atoms with van der Waals surface area (Å²) in [4.78, 5) is 24.2. The molecule has 43 heavy (non-hydrogen) atoms. The lowest BCUT2D eigenvalue weighted by atomic mass is 10.0. The molecule has 0 aliphatic heterocycles. The third-order valence-corrected chi connectivity index (χ3v) is 8.79. The summed E-state index contributed by atoms with van der Waals surface area (Å²) in [5.74, 6) is -0.923. The third kappa shape index (κ3) is 30.7. The zero-order chi connectivity index (χ0) is 31.6. The SMILES string of the molecule is CCCCCCCCCCCCCCCCC(O)C(=O)NCNC(=O)C(O)CCCCCCCCCCCCCCCC. The van der Waals surface area contributed by atoms with Crippen LogP contribution in [0.3, 0.4) is 0 Å². The van der Waals surface area contributed by atoms with Crippen LogP contribution in [0.1, 0.15) is 206 Å². The monoisotopic (exact) mass is 611 g/mol. The summed E-state index contributed by atoms with van der Waals surface area (Å²) in [6.07, 6.45) is 34.4. The molecule has 0 aliphatic carbocycles. The molecule has 2 unspecified atom stereocenters. The maximum absolute atomic E-state index is 12.1. The number of unbranched alkanes of at least 4 members (excludes halogenated alkanes) is 26. The van der Waals surface area contributed by atoms with Crippen molar-refractivity contribution in [2.75, 3.05) is 6.67 Å². The second-order valence-corrected chi connectivity index (χ2v) is 13.1. The highest BCUT2D eigenvalue weighted by atomic mass is 16.3. The molecule has 0 saturated carbocycles. The average molecular weight is 611 g/mol. The second kappa shape index (κ2) is 33.7. The van der Waals surface area contributed by atoms with Crippen LogP contribution in [0.15, 0.2) is 0 Å². The molecule has 0 spiro atoms. The molecule has 0 saturated heterocycles. The molecule has 4 N–H and O–H groups in total. The predicted molar refractivity (Wildman–Crippen MR) is 183 cm³/mol. The summed E-state index contributed by atoms with van der Waals surface area (Å²) in [7, 11) is 0. The minimum Gasteiger partial charge on any atom is -0.383 e. The van der Waals surface area contributed by atoms with Crippen LogP contribution in [-0.2, 0) is 9.59 Å². The molecule has 0 rings (SSSR count). The Morgan fingerprint density at radius 1 is 0.395 bits per heavy atom. The van der Waals surface area contributed by atoms with E-state index in [1.165, 1.54) is 141 Å². The molecule has 6 heteroatoms. The molecule has 0 aromatic heterocycles. The van der Waals surface area contributed by atoms with Gasteiger partial charge in [0.25, 0.3) is 0 Å². The van der Waals surface area contributed by atoms with Crippen molar-refractivity contribution in [3.8, 4) is 0 Å². The van der Waals surface area contributed by atoms with Crippen LogP contribution in [-0.4, -0.2) is 40.9 Å². The summed E-state index contributed by atoms with van der Waals surface area (Å²) < 4.78 is 0. The van der Waals surface area contributed by atoms with Crippen molar-refractivity contribution in [3.05, 3.63) is 0 Å². The zero-order valence-corrected chi connectivity index (χ0v) is 28.8. The van der Waals surface area contributed by atoms with E-state index >= 15 is 0 Å². The fourth-order valence-electron chi connectivity index (χ4n) is 5.78. The number of hydrogen-bond donors (Lipinski definition) is 4. The van der Waals surface area contributed by atoms with Gasteiger partial charge in [-0.2, -0.15) is 0 Å². The first kappa shape index (κ1) is 41.9. The first-order chi connectivity index (χ1) is 21.0. The van der Waals surface area contributed by atoms with Crippen molar-refractivity contribution in [2.45, 2.75) is 219 Å². The molecule has 2 amide bonds. The number of amides is 2. The Hall–Kier alpha value is -1.14. The quantitative estimate of drug-likeness (QED) is 0.0430. The Kier molecular flexibility index (Phi) is 32.9. The molecular formula is C37H74N2O4. The van der Waals surface area contributed by atoms with Crippen molar-refractivity contribution >= 4 is 11.8 Å². The molecule has 0 aromatic rings. The van der Waals surface area contributed by atoms with Crippen LogP contribution in [0.5, 0.6) is 0 Å². The van der Waals surface area contributed by atoms with Gasteiger partial charge in [-0.3, -0.25) is 9.59 Å². The number of aliphatic hydroxyl groups is 2. The van der Waals surface area contributed by atoms with Crippen LogP contribution in [0.4, 0.5) is 0 Å². The average Bonchev–Trinajstić information content (AvgIpc) is 3.00. The topological polar surface area (TPSA) is 98.7 Å². The van der Waals surface area contributed by atoms with Gasteiger partial charge in [0, 0.05) is 0 Å². The molecule has 6 nitrogen and oxygen atoms in total. The molecule has 0 radical (unpaired) electrons. The normalized spacial score (nSPS) is 12.7. The highest BCUT2D eigenvalue weighted by molar-refractivity contribution is 5.82. The standard InChI is InChI=1S/C37H74N2O4/c1-3-5-7-9-11-13-15-17-19-21-23-25-27-29-31-34(40)36(42)38-33-39-37(43)35(41)32-30-28-26-24-22-20-18-16-14-12-10-8-6-4-2/h34-35,40-41H,3-33H2,1-2H3,(H,38,42)(H,39,43). The molecule has 0 bridgehead atoms. The number of rotatable bonds is 34. The maximum atomic E-state index is 12.1. The van der Waals surface area contributed by atoms with E-state index in [4.69, 9.17) is 0 Å². The van der Waals surface area contributed by atoms with Gasteiger partial charge < -0.3 is 20.8 Å². The number of aliphatic hydroxyl groups excluding tert-OH is 2. The van der Waals surface area contributed by atoms with E-state index in [1.54, 1.807) is 0 Å². The Morgan fingerprint density at radius 2 is 0.605 bits per heavy atom. The van der Waals surface area contributed by atoms with Gasteiger partial charge in [0.15, 0.2) is 0 Å². The van der Waals surface area contributed by atoms with Gasteiger partial charge in [-0.05, 0) is 12.8 Å². The van der Waals surface area contributed by atoms with Gasteiger partial charge in [-0.15, -0.1) is 0 Å². The third-order valence-electron chi connectivity index (χ3n) is 8.79. The van der Waals surface area contributed by atoms with Crippen molar-refractivity contribution in [2.24, 2.45) is 0 Å². The van der Waals surface area contributed by atoms with E-state index in [1.807, 2.05) is 0 Å². The molecular weight excluding hydrogens is 536 g/mol. The Balaban J connectivity index is 3.51. The number of carbonyl (C=O) groups is 2. The predicted octanol–water partition coefficient (Wildman–Crippen LogP) is 9.64. The number of carbonyl (C=O) groups excluding carboxylic acids is 2. The Labute approximate surface area is 267 Å². The molecule has 0 heterocycles. The zero-order valence-electron chi connectivity index (χ0n) is 28.8. The summed E-state index contributed by atoms with van der Waals surface area (Å²) in [5, 5.41) is 25.3. The van der Waals surface area contributed by atoms with Gasteiger partial charge >= 0.3 is 0 Å². The van der Waals surface area contributed by atoms with Crippen LogP contribution in [0.25, 0.3) is 0 Å². The lowest BCUT2D eigenvalue weighted by molar-refractivity contribution is -0.131. The van der Waals surface area contributed by atoms with E-state index in [9.17, 15) is 19.8 Å². The highest BCUT2D eigenvalue weighted by Gasteiger charge is 2.16. The molecule has 2 atom stereocenters. The summed E-state index contributed by atoms with van der Waals surface area (Å²) in [6.45, 7) is 4.46. The first-order valence-electron chi connectivity index (χ1n) is 18.9. The van der Waals surface area contributed by atoms with Gasteiger partial charge in [0.05, 0.1) is 6.67 Å². The maximum Gasteiger partial charge on any atom is 0.250 e. The summed E-state index contributed by atoms with van der Waals surface area (Å²) in [6, 6.07) is 0. The van der Waals surface area contributed by atoms with Crippen molar-refractivity contribution < 1.29 is 19.8 Å². The van der Waals surface area contributed by atoms with Crippen LogP contribution in [0, 0.1) is 0 Å². The van der Waals surface area contributed by atoms with Gasteiger partial charge in [-0.1, -0.05) is 194 Å². The largest absolute Gasteiger partial charge is 0.383 e. The lowest BCUT2D eigenvalue weighted by Crippen LogP contribution is -2.45. The van der Waals surface area contributed by atoms with E-state index in [0.717, 1.165) is 38.5 Å². The van der Waals surface area contributed by atoms with E-state index in [0.29, 0.717) is 12.8 Å². The fourth-order valence-corrected chi connectivity index (χ4v) is 5.78. The fraction of sp³-hybridized carbons (Fsp3) is 0.946. The van der Waals surface area contributed by atoms with E-state index < -0.39 is 24.0 Å². The number of nitrogens with one attached hydrogen (secondary N) is 2. The van der Waals surface area contributed by atoms with Crippen molar-refractivity contribution in [1.29, 1.82) is 0 Å². The molecule has 0 aromatic carbocycles. The smallest absolute Gasteiger partial charge is 0.250 e. The first-order valence-corrected chi connectivity index (χ1v) is 18.9.